The molecule has 0 bridgehead atoms. The van der Waals surface area contributed by atoms with Crippen LogP contribution in [0.25, 0.3) is 0 Å². The van der Waals surface area contributed by atoms with E-state index in [-0.39, 0.29) is 6.67 Å². The summed E-state index contributed by atoms with van der Waals surface area (Å²) in [6, 6.07) is 0. The molecule has 0 aromatic carbocycles. The zero-order valence-corrected chi connectivity index (χ0v) is 13.2. The first-order chi connectivity index (χ1) is 9.31. The van der Waals surface area contributed by atoms with Gasteiger partial charge in [0, 0.05) is 0 Å². The van der Waals surface area contributed by atoms with Crippen molar-refractivity contribution in [3.8, 4) is 0 Å². The van der Waals surface area contributed by atoms with Gasteiger partial charge in [-0.25, -0.2) is 0 Å². The first-order valence-electron chi connectivity index (χ1n) is 8.54. The van der Waals surface area contributed by atoms with Crippen molar-refractivity contribution in [3.63, 3.8) is 0 Å². The molecule has 0 fully saturated rings. The number of halogens is 1. The third-order valence-electron chi connectivity index (χ3n) is 3.80. The van der Waals surface area contributed by atoms with Crippen molar-refractivity contribution in [2.24, 2.45) is 0 Å². The van der Waals surface area contributed by atoms with Gasteiger partial charge in [0.15, 0.2) is 0 Å². The van der Waals surface area contributed by atoms with Crippen molar-refractivity contribution in [2.45, 2.75) is 96.8 Å². The standard InChI is InChI=1S/C18H35F/c1-3-4-5-9-12-15-18(2)16-13-10-7-6-8-11-14-17-19/h2-17H2,1H3. The van der Waals surface area contributed by atoms with Crippen molar-refractivity contribution >= 4 is 0 Å². The van der Waals surface area contributed by atoms with Crippen LogP contribution in [0.5, 0.6) is 0 Å². The second-order valence-electron chi connectivity index (χ2n) is 5.83. The molecular weight excluding hydrogens is 235 g/mol. The van der Waals surface area contributed by atoms with E-state index < -0.39 is 0 Å². The number of alkyl halides is 1. The van der Waals surface area contributed by atoms with Crippen molar-refractivity contribution in [2.75, 3.05) is 6.67 Å². The average Bonchev–Trinajstić information content (AvgIpc) is 2.41. The number of unbranched alkanes of at least 4 members (excludes halogenated alkanes) is 10. The topological polar surface area (TPSA) is 0 Å². The smallest absolute Gasteiger partial charge is 0.0894 e. The van der Waals surface area contributed by atoms with Gasteiger partial charge in [-0.15, -0.1) is 0 Å². The van der Waals surface area contributed by atoms with Gasteiger partial charge in [0.2, 0.25) is 0 Å². The fraction of sp³-hybridized carbons (Fsp3) is 0.889. The molecule has 0 aliphatic carbocycles. The summed E-state index contributed by atoms with van der Waals surface area (Å²) < 4.78 is 11.9. The molecule has 0 N–H and O–H groups in total. The molecule has 0 saturated heterocycles. The SMILES string of the molecule is C=C(CCCCCCC)CCCCCCCCCF. The molecular formula is C18H35F. The summed E-state index contributed by atoms with van der Waals surface area (Å²) in [7, 11) is 0. The molecule has 0 saturated carbocycles. The van der Waals surface area contributed by atoms with Gasteiger partial charge in [-0.2, -0.15) is 0 Å². The van der Waals surface area contributed by atoms with E-state index in [1.54, 1.807) is 0 Å². The van der Waals surface area contributed by atoms with Gasteiger partial charge in [0.1, 0.15) is 0 Å². The first kappa shape index (κ1) is 18.7. The molecule has 0 heterocycles. The molecule has 19 heavy (non-hydrogen) atoms. The number of rotatable bonds is 15. The van der Waals surface area contributed by atoms with E-state index in [1.165, 1.54) is 82.6 Å². The average molecular weight is 270 g/mol. The Hall–Kier alpha value is -0.330. The van der Waals surface area contributed by atoms with Crippen LogP contribution >= 0.6 is 0 Å². The van der Waals surface area contributed by atoms with Crippen molar-refractivity contribution < 1.29 is 4.39 Å². The maximum Gasteiger partial charge on any atom is 0.0894 e. The van der Waals surface area contributed by atoms with Crippen LogP contribution in [0.3, 0.4) is 0 Å². The van der Waals surface area contributed by atoms with E-state index in [9.17, 15) is 4.39 Å². The Labute approximate surface area is 120 Å². The zero-order chi connectivity index (χ0) is 14.2. The second-order valence-corrected chi connectivity index (χ2v) is 5.83. The predicted molar refractivity (Wildman–Crippen MR) is 85.4 cm³/mol. The van der Waals surface area contributed by atoms with Gasteiger partial charge in [-0.05, 0) is 32.1 Å². The van der Waals surface area contributed by atoms with Gasteiger partial charge in [-0.1, -0.05) is 76.9 Å². The summed E-state index contributed by atoms with van der Waals surface area (Å²) in [5.41, 5.74) is 1.45. The molecule has 0 nitrogen and oxygen atoms in total. The van der Waals surface area contributed by atoms with Crippen LogP contribution in [0, 0.1) is 0 Å². The lowest BCUT2D eigenvalue weighted by atomic mass is 10.0. The minimum Gasteiger partial charge on any atom is -0.251 e. The van der Waals surface area contributed by atoms with Crippen molar-refractivity contribution in [1.29, 1.82) is 0 Å². The van der Waals surface area contributed by atoms with Gasteiger partial charge >= 0.3 is 0 Å². The fourth-order valence-corrected chi connectivity index (χ4v) is 2.46. The molecule has 0 amide bonds. The Morgan fingerprint density at radius 3 is 1.58 bits per heavy atom. The van der Waals surface area contributed by atoms with Crippen molar-refractivity contribution in [3.05, 3.63) is 12.2 Å². The molecule has 0 aliphatic rings. The van der Waals surface area contributed by atoms with Crippen LogP contribution in [0.4, 0.5) is 4.39 Å². The van der Waals surface area contributed by atoms with Crippen LogP contribution in [0.15, 0.2) is 12.2 Å². The Morgan fingerprint density at radius 2 is 1.11 bits per heavy atom. The molecule has 0 radical (unpaired) electrons. The van der Waals surface area contributed by atoms with E-state index in [0.717, 1.165) is 12.8 Å². The molecule has 0 spiro atoms. The molecule has 0 aromatic rings. The monoisotopic (exact) mass is 270 g/mol. The summed E-state index contributed by atoms with van der Waals surface area (Å²) in [5, 5.41) is 0. The molecule has 0 rings (SSSR count). The van der Waals surface area contributed by atoms with Crippen LogP contribution in [-0.4, -0.2) is 6.67 Å². The lowest BCUT2D eigenvalue weighted by Crippen LogP contribution is -1.86. The first-order valence-corrected chi connectivity index (χ1v) is 8.54. The largest absolute Gasteiger partial charge is 0.251 e. The van der Waals surface area contributed by atoms with Gasteiger partial charge in [-0.3, -0.25) is 4.39 Å². The highest BCUT2D eigenvalue weighted by Crippen LogP contribution is 2.16. The van der Waals surface area contributed by atoms with Crippen LogP contribution in [-0.2, 0) is 0 Å². The van der Waals surface area contributed by atoms with Crippen LogP contribution in [0.2, 0.25) is 0 Å². The van der Waals surface area contributed by atoms with Gasteiger partial charge in [0.05, 0.1) is 6.67 Å². The third-order valence-corrected chi connectivity index (χ3v) is 3.80. The predicted octanol–water partition coefficient (Wildman–Crippen LogP) is 6.99. The van der Waals surface area contributed by atoms with E-state index in [1.807, 2.05) is 0 Å². The summed E-state index contributed by atoms with van der Waals surface area (Å²) in [6.45, 7) is 6.31. The highest BCUT2D eigenvalue weighted by Gasteiger charge is 1.97. The second kappa shape index (κ2) is 15.7. The molecule has 0 aromatic heterocycles. The van der Waals surface area contributed by atoms with E-state index in [0.29, 0.717) is 0 Å². The molecule has 0 atom stereocenters. The van der Waals surface area contributed by atoms with E-state index in [4.69, 9.17) is 0 Å². The minimum absolute atomic E-state index is 0.141. The fourth-order valence-electron chi connectivity index (χ4n) is 2.46. The zero-order valence-electron chi connectivity index (χ0n) is 13.2. The lowest BCUT2D eigenvalue weighted by molar-refractivity contribution is 0.449. The molecule has 114 valence electrons. The Kier molecular flexibility index (Phi) is 15.5. The van der Waals surface area contributed by atoms with Gasteiger partial charge < -0.3 is 0 Å². The van der Waals surface area contributed by atoms with E-state index in [2.05, 4.69) is 13.5 Å². The Morgan fingerprint density at radius 1 is 0.684 bits per heavy atom. The summed E-state index contributed by atoms with van der Waals surface area (Å²) in [5.74, 6) is 0. The van der Waals surface area contributed by atoms with Crippen molar-refractivity contribution in [1.82, 2.24) is 0 Å². The third kappa shape index (κ3) is 15.6. The molecule has 0 unspecified atom stereocenters. The Bertz CT molecular complexity index is 186. The molecule has 0 aliphatic heterocycles. The number of hydrogen-bond donors (Lipinski definition) is 0. The highest BCUT2D eigenvalue weighted by molar-refractivity contribution is 4.93. The normalized spacial score (nSPS) is 10.8. The van der Waals surface area contributed by atoms with Gasteiger partial charge in [0.25, 0.3) is 0 Å². The summed E-state index contributed by atoms with van der Waals surface area (Å²) in [4.78, 5) is 0. The maximum absolute atomic E-state index is 11.9. The highest BCUT2D eigenvalue weighted by atomic mass is 19.1. The number of allylic oxidation sites excluding steroid dienone is 1. The van der Waals surface area contributed by atoms with Crippen LogP contribution < -0.4 is 0 Å². The minimum atomic E-state index is -0.141. The molecule has 1 heteroatoms. The number of hydrogen-bond acceptors (Lipinski definition) is 0. The Balaban J connectivity index is 3.12. The summed E-state index contributed by atoms with van der Waals surface area (Å²) in [6.07, 6.45) is 17.5. The lowest BCUT2D eigenvalue weighted by Gasteiger charge is -2.06. The van der Waals surface area contributed by atoms with Crippen LogP contribution in [0.1, 0.15) is 96.8 Å². The maximum atomic E-state index is 11.9. The summed E-state index contributed by atoms with van der Waals surface area (Å²) >= 11 is 0. The van der Waals surface area contributed by atoms with E-state index >= 15 is 0 Å². The quantitative estimate of drug-likeness (QED) is 0.222.